The van der Waals surface area contributed by atoms with Gasteiger partial charge in [-0.15, -0.1) is 0 Å². The van der Waals surface area contributed by atoms with Gasteiger partial charge in [-0.05, 0) is 18.1 Å². The Kier molecular flexibility index (Phi) is 2.00. The third kappa shape index (κ3) is 1.13. The lowest BCUT2D eigenvalue weighted by Gasteiger charge is -2.14. The van der Waals surface area contributed by atoms with Crippen molar-refractivity contribution in [2.24, 2.45) is 0 Å². The van der Waals surface area contributed by atoms with E-state index in [0.29, 0.717) is 0 Å². The molecule has 68 valence electrons. The molecule has 0 spiro atoms. The molecule has 0 saturated heterocycles. The molecule has 0 radical (unpaired) electrons. The molecule has 1 unspecified atom stereocenters. The molecule has 1 aromatic rings. The van der Waals surface area contributed by atoms with Crippen molar-refractivity contribution in [3.63, 3.8) is 0 Å². The molecule has 1 aromatic carbocycles. The van der Waals surface area contributed by atoms with Crippen LogP contribution >= 0.6 is 11.8 Å². The van der Waals surface area contributed by atoms with Gasteiger partial charge in [0.05, 0.1) is 6.04 Å². The number of hydrogen-bond acceptors (Lipinski definition) is 1. The third-order valence-corrected chi connectivity index (χ3v) is 2.79. The van der Waals surface area contributed by atoms with Gasteiger partial charge in [-0.1, -0.05) is 25.1 Å². The van der Waals surface area contributed by atoms with E-state index in [2.05, 4.69) is 0 Å². The fourth-order valence-electron chi connectivity index (χ4n) is 1.74. The summed E-state index contributed by atoms with van der Waals surface area (Å²) in [6.45, 7) is 2.02. The SMILES string of the molecule is CCC1c2ccccc2C(=O)N1Cl. The lowest BCUT2D eigenvalue weighted by molar-refractivity contribution is 0.0854. The monoisotopic (exact) mass is 195 g/mol. The van der Waals surface area contributed by atoms with Crippen LogP contribution in [-0.2, 0) is 0 Å². The second-order valence-electron chi connectivity index (χ2n) is 3.13. The molecule has 0 bridgehead atoms. The van der Waals surface area contributed by atoms with Crippen molar-refractivity contribution in [3.8, 4) is 0 Å². The molecule has 0 saturated carbocycles. The maximum atomic E-state index is 11.6. The molecular weight excluding hydrogens is 186 g/mol. The zero-order valence-electron chi connectivity index (χ0n) is 7.33. The third-order valence-electron chi connectivity index (χ3n) is 2.40. The summed E-state index contributed by atoms with van der Waals surface area (Å²) in [6.07, 6.45) is 0.853. The van der Waals surface area contributed by atoms with Gasteiger partial charge >= 0.3 is 0 Å². The molecule has 1 aliphatic rings. The first-order valence-corrected chi connectivity index (χ1v) is 4.67. The summed E-state index contributed by atoms with van der Waals surface area (Å²) in [5.74, 6) is -0.0795. The number of halogens is 1. The number of amides is 1. The Morgan fingerprint density at radius 3 is 2.85 bits per heavy atom. The van der Waals surface area contributed by atoms with Crippen molar-refractivity contribution in [3.05, 3.63) is 35.4 Å². The zero-order valence-corrected chi connectivity index (χ0v) is 8.08. The van der Waals surface area contributed by atoms with Crippen LogP contribution in [0.3, 0.4) is 0 Å². The van der Waals surface area contributed by atoms with E-state index >= 15 is 0 Å². The van der Waals surface area contributed by atoms with E-state index in [1.165, 1.54) is 4.42 Å². The van der Waals surface area contributed by atoms with Crippen LogP contribution in [-0.4, -0.2) is 10.3 Å². The summed E-state index contributed by atoms with van der Waals surface area (Å²) in [5.41, 5.74) is 1.79. The predicted molar refractivity (Wildman–Crippen MR) is 51.5 cm³/mol. The standard InChI is InChI=1S/C10H10ClNO/c1-2-9-7-5-3-4-6-8(7)10(13)12(9)11/h3-6,9H,2H2,1H3. The Morgan fingerprint density at radius 1 is 1.46 bits per heavy atom. The smallest absolute Gasteiger partial charge is 0.268 e. The Morgan fingerprint density at radius 2 is 2.15 bits per heavy atom. The molecule has 2 rings (SSSR count). The zero-order chi connectivity index (χ0) is 9.42. The summed E-state index contributed by atoms with van der Waals surface area (Å²) < 4.78 is 1.30. The highest BCUT2D eigenvalue weighted by Crippen LogP contribution is 2.36. The van der Waals surface area contributed by atoms with Crippen molar-refractivity contribution in [2.75, 3.05) is 0 Å². The fourth-order valence-corrected chi connectivity index (χ4v) is 2.08. The van der Waals surface area contributed by atoms with E-state index in [-0.39, 0.29) is 11.9 Å². The number of rotatable bonds is 1. The van der Waals surface area contributed by atoms with Crippen LogP contribution in [0, 0.1) is 0 Å². The van der Waals surface area contributed by atoms with E-state index in [1.54, 1.807) is 0 Å². The Hall–Kier alpha value is -1.02. The molecule has 0 fully saturated rings. The van der Waals surface area contributed by atoms with Crippen LogP contribution < -0.4 is 0 Å². The first-order chi connectivity index (χ1) is 6.25. The van der Waals surface area contributed by atoms with Gasteiger partial charge in [-0.25, -0.2) is 4.42 Å². The summed E-state index contributed by atoms with van der Waals surface area (Å²) in [4.78, 5) is 11.6. The Bertz CT molecular complexity index is 351. The lowest BCUT2D eigenvalue weighted by Crippen LogP contribution is -2.16. The number of fused-ring (bicyclic) bond motifs is 1. The average Bonchev–Trinajstić information content (AvgIpc) is 2.41. The highest BCUT2D eigenvalue weighted by molar-refractivity contribution is 6.26. The minimum absolute atomic E-state index is 0.0466. The Labute approximate surface area is 82.2 Å². The van der Waals surface area contributed by atoms with Crippen LogP contribution in [0.25, 0.3) is 0 Å². The first-order valence-electron chi connectivity index (χ1n) is 4.34. The number of nitrogens with zero attached hydrogens (tertiary/aromatic N) is 1. The lowest BCUT2D eigenvalue weighted by atomic mass is 10.0. The molecule has 13 heavy (non-hydrogen) atoms. The van der Waals surface area contributed by atoms with E-state index in [4.69, 9.17) is 11.8 Å². The van der Waals surface area contributed by atoms with Crippen LogP contribution in [0.5, 0.6) is 0 Å². The van der Waals surface area contributed by atoms with Crippen LogP contribution in [0.2, 0.25) is 0 Å². The topological polar surface area (TPSA) is 20.3 Å². The number of hydrogen-bond donors (Lipinski definition) is 0. The number of carbonyl (C=O) groups excluding carboxylic acids is 1. The van der Waals surface area contributed by atoms with Gasteiger partial charge in [-0.2, -0.15) is 0 Å². The molecule has 0 N–H and O–H groups in total. The summed E-state index contributed by atoms with van der Waals surface area (Å²) >= 11 is 5.88. The summed E-state index contributed by atoms with van der Waals surface area (Å²) in [7, 11) is 0. The second kappa shape index (κ2) is 3.04. The quantitative estimate of drug-likeness (QED) is 0.631. The highest BCUT2D eigenvalue weighted by Gasteiger charge is 2.34. The normalized spacial score (nSPS) is 20.6. The maximum absolute atomic E-state index is 11.6. The first kappa shape index (κ1) is 8.57. The molecule has 1 amide bonds. The van der Waals surface area contributed by atoms with Crippen LogP contribution in [0.1, 0.15) is 35.3 Å². The van der Waals surface area contributed by atoms with Crippen molar-refractivity contribution in [1.29, 1.82) is 0 Å². The number of carbonyl (C=O) groups is 1. The van der Waals surface area contributed by atoms with Gasteiger partial charge in [0.25, 0.3) is 5.91 Å². The summed E-state index contributed by atoms with van der Waals surface area (Å²) in [6, 6.07) is 7.63. The average molecular weight is 196 g/mol. The van der Waals surface area contributed by atoms with Gasteiger partial charge in [-0.3, -0.25) is 4.79 Å². The summed E-state index contributed by atoms with van der Waals surface area (Å²) in [5, 5.41) is 0. The van der Waals surface area contributed by atoms with Crippen molar-refractivity contribution >= 4 is 17.7 Å². The molecule has 1 aliphatic heterocycles. The number of benzene rings is 1. The van der Waals surface area contributed by atoms with E-state index in [9.17, 15) is 4.79 Å². The predicted octanol–water partition coefficient (Wildman–Crippen LogP) is 2.75. The molecule has 0 aromatic heterocycles. The Balaban J connectivity index is 2.53. The van der Waals surface area contributed by atoms with Gasteiger partial charge in [0.2, 0.25) is 0 Å². The van der Waals surface area contributed by atoms with Crippen molar-refractivity contribution in [2.45, 2.75) is 19.4 Å². The maximum Gasteiger partial charge on any atom is 0.269 e. The second-order valence-corrected chi connectivity index (χ2v) is 3.49. The van der Waals surface area contributed by atoms with E-state index in [0.717, 1.165) is 17.5 Å². The van der Waals surface area contributed by atoms with Gasteiger partial charge in [0, 0.05) is 17.3 Å². The molecule has 0 aliphatic carbocycles. The van der Waals surface area contributed by atoms with Gasteiger partial charge in [0.15, 0.2) is 0 Å². The van der Waals surface area contributed by atoms with E-state index in [1.807, 2.05) is 31.2 Å². The van der Waals surface area contributed by atoms with Gasteiger partial charge < -0.3 is 0 Å². The van der Waals surface area contributed by atoms with Crippen LogP contribution in [0.15, 0.2) is 24.3 Å². The van der Waals surface area contributed by atoms with Crippen LogP contribution in [0.4, 0.5) is 0 Å². The van der Waals surface area contributed by atoms with E-state index < -0.39 is 0 Å². The van der Waals surface area contributed by atoms with Crippen molar-refractivity contribution in [1.82, 2.24) is 4.42 Å². The highest BCUT2D eigenvalue weighted by atomic mass is 35.5. The van der Waals surface area contributed by atoms with Gasteiger partial charge in [0.1, 0.15) is 0 Å². The molecule has 3 heteroatoms. The minimum Gasteiger partial charge on any atom is -0.268 e. The molecule has 1 heterocycles. The fraction of sp³-hybridized carbons (Fsp3) is 0.300. The molecular formula is C10H10ClNO. The largest absolute Gasteiger partial charge is 0.269 e. The molecule has 2 nitrogen and oxygen atoms in total. The minimum atomic E-state index is -0.0795. The van der Waals surface area contributed by atoms with Crippen molar-refractivity contribution < 1.29 is 4.79 Å². The molecule has 1 atom stereocenters.